The van der Waals surface area contributed by atoms with Crippen LogP contribution in [0.2, 0.25) is 0 Å². The number of anilines is 1. The lowest BCUT2D eigenvalue weighted by molar-refractivity contribution is -0.156. The molecule has 1 aliphatic heterocycles. The topological polar surface area (TPSA) is 154 Å². The van der Waals surface area contributed by atoms with Gasteiger partial charge in [-0.05, 0) is 56.7 Å². The third-order valence-electron chi connectivity index (χ3n) is 8.69. The maximum Gasteiger partial charge on any atom is 0.328 e. The fourth-order valence-corrected chi connectivity index (χ4v) is 5.76. The standard InChI is InChI=1S/C36H50N2O8/c1-23-14-13-17-27-20-28(39)21-30(34(27)42)38-32(40)22-29(45-4)18-11-6-5-7-12-19-31(24(2)33(23)41)46-36(44)25(3)37-35(43)26-15-9-8-10-16-26/h5-7,11-12,14,18,20-21,24-26,29,31,33,39,41-42H,8-10,13,15-17,19,22H2,1-4H3,(H,37,43)(H,38,40)/b6-5+,12-7-,18-11+,23-14+/t24-,25-,29+,31-,33-/m1/s1. The van der Waals surface area contributed by atoms with Crippen molar-refractivity contribution in [3.63, 3.8) is 0 Å². The predicted molar refractivity (Wildman–Crippen MR) is 177 cm³/mol. The minimum Gasteiger partial charge on any atom is -0.508 e. The zero-order valence-electron chi connectivity index (χ0n) is 27.4. The van der Waals surface area contributed by atoms with Crippen molar-refractivity contribution in [1.82, 2.24) is 5.32 Å². The number of aliphatic hydroxyl groups excluding tert-OH is 1. The summed E-state index contributed by atoms with van der Waals surface area (Å²) in [6.45, 7) is 5.22. The number of aromatic hydroxyl groups is 2. The van der Waals surface area contributed by atoms with E-state index >= 15 is 0 Å². The highest BCUT2D eigenvalue weighted by Crippen LogP contribution is 2.34. The largest absolute Gasteiger partial charge is 0.508 e. The molecule has 2 bridgehead atoms. The maximum atomic E-state index is 13.1. The van der Waals surface area contributed by atoms with Crippen LogP contribution in [0, 0.1) is 11.8 Å². The maximum absolute atomic E-state index is 13.1. The van der Waals surface area contributed by atoms with E-state index in [-0.39, 0.29) is 35.4 Å². The molecule has 1 fully saturated rings. The molecule has 2 amide bonds. The fourth-order valence-electron chi connectivity index (χ4n) is 5.76. The van der Waals surface area contributed by atoms with Crippen molar-refractivity contribution >= 4 is 23.5 Å². The number of ether oxygens (including phenoxy) is 2. The van der Waals surface area contributed by atoms with Crippen molar-refractivity contribution < 1.29 is 39.2 Å². The van der Waals surface area contributed by atoms with Crippen LogP contribution in [-0.4, -0.2) is 64.6 Å². The van der Waals surface area contributed by atoms with E-state index in [1.807, 2.05) is 19.1 Å². The number of phenolic OH excluding ortho intramolecular Hbond substituents is 2. The molecule has 10 nitrogen and oxygen atoms in total. The molecule has 2 aliphatic rings. The van der Waals surface area contributed by atoms with Gasteiger partial charge in [0.1, 0.15) is 23.6 Å². The van der Waals surface area contributed by atoms with Crippen LogP contribution >= 0.6 is 0 Å². The summed E-state index contributed by atoms with van der Waals surface area (Å²) in [5.41, 5.74) is 1.19. The van der Waals surface area contributed by atoms with Crippen molar-refractivity contribution in [1.29, 1.82) is 0 Å². The number of hydrogen-bond acceptors (Lipinski definition) is 8. The summed E-state index contributed by atoms with van der Waals surface area (Å²) in [6.07, 6.45) is 16.2. The molecule has 0 aromatic heterocycles. The van der Waals surface area contributed by atoms with E-state index in [1.54, 1.807) is 44.2 Å². The molecule has 46 heavy (non-hydrogen) atoms. The molecule has 5 atom stereocenters. The van der Waals surface area contributed by atoms with Crippen molar-refractivity contribution in [2.24, 2.45) is 11.8 Å². The molecule has 10 heteroatoms. The molecule has 0 radical (unpaired) electrons. The van der Waals surface area contributed by atoms with Crippen molar-refractivity contribution in [2.75, 3.05) is 12.4 Å². The Bertz CT molecular complexity index is 1310. The van der Waals surface area contributed by atoms with Gasteiger partial charge in [0.2, 0.25) is 11.8 Å². The van der Waals surface area contributed by atoms with Crippen LogP contribution in [0.15, 0.2) is 60.2 Å². The Balaban J connectivity index is 1.82. The van der Waals surface area contributed by atoms with Gasteiger partial charge >= 0.3 is 5.97 Å². The van der Waals surface area contributed by atoms with Gasteiger partial charge in [0.05, 0.1) is 24.3 Å². The van der Waals surface area contributed by atoms with Gasteiger partial charge in [-0.2, -0.15) is 0 Å². The van der Waals surface area contributed by atoms with Crippen LogP contribution in [0.25, 0.3) is 0 Å². The molecule has 1 aliphatic carbocycles. The number of amides is 2. The summed E-state index contributed by atoms with van der Waals surface area (Å²) in [7, 11) is 1.49. The van der Waals surface area contributed by atoms with Crippen LogP contribution in [0.5, 0.6) is 11.5 Å². The number of benzene rings is 1. The van der Waals surface area contributed by atoms with Gasteiger partial charge < -0.3 is 35.4 Å². The monoisotopic (exact) mass is 638 g/mol. The van der Waals surface area contributed by atoms with Gasteiger partial charge in [-0.3, -0.25) is 9.59 Å². The molecular formula is C36H50N2O8. The number of carbonyl (C=O) groups is 3. The number of allylic oxidation sites excluding steroid dienone is 5. The van der Waals surface area contributed by atoms with Gasteiger partial charge in [-0.1, -0.05) is 68.7 Å². The Morgan fingerprint density at radius 3 is 2.50 bits per heavy atom. The molecule has 1 heterocycles. The van der Waals surface area contributed by atoms with Gasteiger partial charge in [0, 0.05) is 31.4 Å². The lowest BCUT2D eigenvalue weighted by atomic mass is 9.88. The first kappa shape index (κ1) is 36.6. The van der Waals surface area contributed by atoms with Crippen molar-refractivity contribution in [3.8, 4) is 11.5 Å². The summed E-state index contributed by atoms with van der Waals surface area (Å²) in [4.78, 5) is 38.6. The van der Waals surface area contributed by atoms with Crippen LogP contribution in [0.3, 0.4) is 0 Å². The third-order valence-corrected chi connectivity index (χ3v) is 8.69. The first-order valence-electron chi connectivity index (χ1n) is 16.2. The predicted octanol–water partition coefficient (Wildman–Crippen LogP) is 5.39. The molecule has 1 saturated carbocycles. The number of rotatable bonds is 5. The number of hydrogen-bond donors (Lipinski definition) is 5. The van der Waals surface area contributed by atoms with Crippen LogP contribution in [0.1, 0.15) is 77.7 Å². The molecule has 3 rings (SSSR count). The second-order valence-electron chi connectivity index (χ2n) is 12.3. The quantitative estimate of drug-likeness (QED) is 0.125. The van der Waals surface area contributed by atoms with E-state index in [1.165, 1.54) is 19.2 Å². The fraction of sp³-hybridized carbons (Fsp3) is 0.528. The first-order valence-corrected chi connectivity index (χ1v) is 16.2. The minimum atomic E-state index is -0.940. The summed E-state index contributed by atoms with van der Waals surface area (Å²) >= 11 is 0. The lowest BCUT2D eigenvalue weighted by Crippen LogP contribution is -2.45. The van der Waals surface area contributed by atoms with E-state index in [0.717, 1.165) is 32.1 Å². The molecule has 0 spiro atoms. The van der Waals surface area contributed by atoms with Crippen molar-refractivity contribution in [3.05, 3.63) is 65.8 Å². The Kier molecular flexibility index (Phi) is 14.6. The number of fused-ring (bicyclic) bond motifs is 2. The van der Waals surface area contributed by atoms with Crippen molar-refractivity contribution in [2.45, 2.75) is 103 Å². The van der Waals surface area contributed by atoms with E-state index in [0.29, 0.717) is 30.4 Å². The zero-order valence-corrected chi connectivity index (χ0v) is 27.4. The number of aryl methyl sites for hydroxylation is 1. The number of aliphatic hydroxyl groups is 1. The SMILES string of the molecule is CO[C@H]1/C=C/C=C/C=C\C[C@@H](OC(=O)[C@@H](C)NC(=O)C2CCCCC2)[C@@H](C)[C@H](O)/C(C)=C/CCc2cc(O)cc(c2O)NC(=O)C1. The van der Waals surface area contributed by atoms with Gasteiger partial charge in [-0.15, -0.1) is 0 Å². The second kappa shape index (κ2) is 18.3. The van der Waals surface area contributed by atoms with Gasteiger partial charge in [-0.25, -0.2) is 4.79 Å². The van der Waals surface area contributed by atoms with Crippen LogP contribution in [0.4, 0.5) is 5.69 Å². The average molecular weight is 639 g/mol. The molecular weight excluding hydrogens is 588 g/mol. The Morgan fingerprint density at radius 1 is 1.07 bits per heavy atom. The first-order chi connectivity index (χ1) is 22.0. The van der Waals surface area contributed by atoms with E-state index in [4.69, 9.17) is 9.47 Å². The van der Waals surface area contributed by atoms with E-state index < -0.39 is 42.1 Å². The number of phenols is 2. The van der Waals surface area contributed by atoms with Crippen LogP contribution in [-0.2, 0) is 30.3 Å². The number of carbonyl (C=O) groups excluding carboxylic acids is 3. The zero-order chi connectivity index (χ0) is 33.6. The Hall–Kier alpha value is -3.89. The molecule has 1 aromatic carbocycles. The highest BCUT2D eigenvalue weighted by atomic mass is 16.5. The van der Waals surface area contributed by atoms with Crippen LogP contribution < -0.4 is 10.6 Å². The highest BCUT2D eigenvalue weighted by molar-refractivity contribution is 5.93. The molecule has 5 N–H and O–H groups in total. The highest BCUT2D eigenvalue weighted by Gasteiger charge is 2.31. The number of esters is 1. The number of nitrogens with one attached hydrogen (secondary N) is 2. The summed E-state index contributed by atoms with van der Waals surface area (Å²) in [5, 5.41) is 37.8. The summed E-state index contributed by atoms with van der Waals surface area (Å²) in [5.74, 6) is -1.90. The average Bonchev–Trinajstić information content (AvgIpc) is 3.04. The normalized spacial score (nSPS) is 27.8. The minimum absolute atomic E-state index is 0.00853. The van der Waals surface area contributed by atoms with Gasteiger partial charge in [0.25, 0.3) is 0 Å². The lowest BCUT2D eigenvalue weighted by Gasteiger charge is -2.29. The molecule has 0 saturated heterocycles. The summed E-state index contributed by atoms with van der Waals surface area (Å²) < 4.78 is 11.3. The smallest absolute Gasteiger partial charge is 0.328 e. The molecule has 252 valence electrons. The van der Waals surface area contributed by atoms with E-state index in [2.05, 4.69) is 10.6 Å². The van der Waals surface area contributed by atoms with E-state index in [9.17, 15) is 29.7 Å². The molecule has 1 aromatic rings. The number of methoxy groups -OCH3 is 1. The van der Waals surface area contributed by atoms with Gasteiger partial charge in [0.15, 0.2) is 0 Å². The Labute approximate surface area is 272 Å². The third kappa shape index (κ3) is 11.2. The summed E-state index contributed by atoms with van der Waals surface area (Å²) in [6, 6.07) is 1.89. The Morgan fingerprint density at radius 2 is 1.78 bits per heavy atom. The second-order valence-corrected chi connectivity index (χ2v) is 12.3. The molecule has 0 unspecified atom stereocenters.